The van der Waals surface area contributed by atoms with Crippen molar-refractivity contribution in [3.63, 3.8) is 0 Å². The van der Waals surface area contributed by atoms with Gasteiger partial charge in [0, 0.05) is 26.2 Å². The number of rotatable bonds is 5. The molecule has 0 unspecified atom stereocenters. The van der Waals surface area contributed by atoms with Crippen molar-refractivity contribution in [3.8, 4) is 0 Å². The molecule has 2 aliphatic rings. The van der Waals surface area contributed by atoms with E-state index in [0.29, 0.717) is 19.5 Å². The van der Waals surface area contributed by atoms with Crippen molar-refractivity contribution in [2.24, 2.45) is 5.41 Å². The summed E-state index contributed by atoms with van der Waals surface area (Å²) in [6.07, 6.45) is 5.58. The summed E-state index contributed by atoms with van der Waals surface area (Å²) in [4.78, 5) is 14.9. The number of carbonyl (C=O) groups excluding carboxylic acids is 1. The van der Waals surface area contributed by atoms with Crippen molar-refractivity contribution >= 4 is 15.9 Å². The summed E-state index contributed by atoms with van der Waals surface area (Å²) in [6.45, 7) is 2.39. The molecule has 0 N–H and O–H groups in total. The Kier molecular flexibility index (Phi) is 4.97. The number of likely N-dealkylation sites (tertiary alicyclic amines) is 1. The number of nitrogens with zero attached hydrogens (tertiary/aromatic N) is 2. The van der Waals surface area contributed by atoms with Crippen molar-refractivity contribution in [2.75, 3.05) is 32.4 Å². The van der Waals surface area contributed by atoms with Crippen molar-refractivity contribution in [3.05, 3.63) is 35.9 Å². The van der Waals surface area contributed by atoms with Crippen LogP contribution in [0.4, 0.5) is 0 Å². The molecule has 5 nitrogen and oxygen atoms in total. The molecule has 2 heterocycles. The van der Waals surface area contributed by atoms with Gasteiger partial charge in [0.25, 0.3) is 0 Å². The number of piperidine rings is 1. The molecule has 2 saturated heterocycles. The van der Waals surface area contributed by atoms with Gasteiger partial charge in [-0.3, -0.25) is 4.79 Å². The van der Waals surface area contributed by atoms with Gasteiger partial charge in [0.2, 0.25) is 15.9 Å². The zero-order valence-corrected chi connectivity index (χ0v) is 15.1. The van der Waals surface area contributed by atoms with E-state index < -0.39 is 15.4 Å². The van der Waals surface area contributed by atoms with E-state index in [4.69, 9.17) is 0 Å². The summed E-state index contributed by atoms with van der Waals surface area (Å²) in [6, 6.07) is 10.3. The summed E-state index contributed by atoms with van der Waals surface area (Å²) in [5, 5.41) is 0. The quantitative estimate of drug-likeness (QED) is 0.815. The molecule has 2 fully saturated rings. The van der Waals surface area contributed by atoms with Crippen LogP contribution >= 0.6 is 0 Å². The van der Waals surface area contributed by atoms with Crippen LogP contribution in [0.3, 0.4) is 0 Å². The molecule has 1 amide bonds. The molecule has 3 rings (SSSR count). The van der Waals surface area contributed by atoms with Crippen LogP contribution in [0.25, 0.3) is 0 Å². The van der Waals surface area contributed by atoms with Crippen LogP contribution in [0.1, 0.15) is 31.2 Å². The first-order valence-electron chi connectivity index (χ1n) is 8.69. The second-order valence-electron chi connectivity index (χ2n) is 7.11. The van der Waals surface area contributed by atoms with E-state index >= 15 is 0 Å². The second kappa shape index (κ2) is 6.84. The predicted molar refractivity (Wildman–Crippen MR) is 94.0 cm³/mol. The predicted octanol–water partition coefficient (Wildman–Crippen LogP) is 1.89. The summed E-state index contributed by atoms with van der Waals surface area (Å²) >= 11 is 0. The monoisotopic (exact) mass is 350 g/mol. The Morgan fingerprint density at radius 2 is 1.88 bits per heavy atom. The van der Waals surface area contributed by atoms with E-state index in [0.717, 1.165) is 38.8 Å². The lowest BCUT2D eigenvalue weighted by Gasteiger charge is -2.39. The molecule has 24 heavy (non-hydrogen) atoms. The minimum atomic E-state index is -3.21. The van der Waals surface area contributed by atoms with Crippen molar-refractivity contribution in [1.29, 1.82) is 0 Å². The third-order valence-electron chi connectivity index (χ3n) is 5.35. The van der Waals surface area contributed by atoms with Crippen LogP contribution in [0.2, 0.25) is 0 Å². The largest absolute Gasteiger partial charge is 0.342 e. The van der Waals surface area contributed by atoms with E-state index in [2.05, 4.69) is 12.1 Å². The Bertz CT molecular complexity index is 689. The van der Waals surface area contributed by atoms with Gasteiger partial charge in [0.05, 0.1) is 11.7 Å². The SMILES string of the molecule is CS(=O)(=O)N1CC[C@@]2(CCCN(CCCc3ccccc3)C2=O)C1. The number of carbonyl (C=O) groups is 1. The van der Waals surface area contributed by atoms with Crippen LogP contribution < -0.4 is 0 Å². The third-order valence-corrected chi connectivity index (χ3v) is 6.60. The summed E-state index contributed by atoms with van der Waals surface area (Å²) in [7, 11) is -3.21. The van der Waals surface area contributed by atoms with Crippen LogP contribution in [-0.4, -0.2) is 56.0 Å². The zero-order chi connectivity index (χ0) is 17.2. The maximum atomic E-state index is 13.0. The minimum Gasteiger partial charge on any atom is -0.342 e. The molecule has 2 aliphatic heterocycles. The molecule has 132 valence electrons. The Hall–Kier alpha value is -1.40. The fourth-order valence-electron chi connectivity index (χ4n) is 3.98. The van der Waals surface area contributed by atoms with Gasteiger partial charge in [-0.05, 0) is 37.7 Å². The maximum absolute atomic E-state index is 13.0. The lowest BCUT2D eigenvalue weighted by atomic mass is 9.78. The van der Waals surface area contributed by atoms with E-state index in [-0.39, 0.29) is 5.91 Å². The second-order valence-corrected chi connectivity index (χ2v) is 9.09. The van der Waals surface area contributed by atoms with Gasteiger partial charge < -0.3 is 4.90 Å². The Morgan fingerprint density at radius 1 is 1.12 bits per heavy atom. The number of aryl methyl sites for hydroxylation is 1. The standard InChI is InChI=1S/C18H26N2O3S/c1-24(22,23)20-14-11-18(15-20)10-6-13-19(17(18)21)12-5-9-16-7-3-2-4-8-16/h2-4,7-8H,5-6,9-15H2,1H3/t18-/m0/s1. The van der Waals surface area contributed by atoms with Crippen molar-refractivity contribution in [1.82, 2.24) is 9.21 Å². The van der Waals surface area contributed by atoms with Crippen molar-refractivity contribution < 1.29 is 13.2 Å². The van der Waals surface area contributed by atoms with Gasteiger partial charge in [0.15, 0.2) is 0 Å². The van der Waals surface area contributed by atoms with Crippen LogP contribution in [0.15, 0.2) is 30.3 Å². The third kappa shape index (κ3) is 3.64. The lowest BCUT2D eigenvalue weighted by molar-refractivity contribution is -0.145. The number of hydrogen-bond acceptors (Lipinski definition) is 3. The van der Waals surface area contributed by atoms with Gasteiger partial charge in [-0.15, -0.1) is 0 Å². The number of sulfonamides is 1. The Morgan fingerprint density at radius 3 is 2.54 bits per heavy atom. The fourth-order valence-corrected chi connectivity index (χ4v) is 4.88. The molecule has 1 aromatic rings. The van der Waals surface area contributed by atoms with Crippen LogP contribution in [0, 0.1) is 5.41 Å². The zero-order valence-electron chi connectivity index (χ0n) is 14.3. The van der Waals surface area contributed by atoms with E-state index in [1.165, 1.54) is 16.1 Å². The van der Waals surface area contributed by atoms with E-state index in [1.54, 1.807) is 0 Å². The number of benzene rings is 1. The molecule has 0 radical (unpaired) electrons. The number of hydrogen-bond donors (Lipinski definition) is 0. The molecule has 0 bridgehead atoms. The summed E-state index contributed by atoms with van der Waals surface area (Å²) in [5.74, 6) is 0.160. The summed E-state index contributed by atoms with van der Waals surface area (Å²) in [5.41, 5.74) is 0.814. The average Bonchev–Trinajstić information content (AvgIpc) is 2.98. The smallest absolute Gasteiger partial charge is 0.230 e. The van der Waals surface area contributed by atoms with Gasteiger partial charge in [-0.25, -0.2) is 12.7 Å². The topological polar surface area (TPSA) is 57.7 Å². The van der Waals surface area contributed by atoms with E-state index in [1.807, 2.05) is 23.1 Å². The number of amides is 1. The molecular formula is C18H26N2O3S. The minimum absolute atomic E-state index is 0.160. The normalized spacial score (nSPS) is 25.5. The van der Waals surface area contributed by atoms with Crippen LogP contribution in [-0.2, 0) is 21.2 Å². The van der Waals surface area contributed by atoms with E-state index in [9.17, 15) is 13.2 Å². The Balaban J connectivity index is 1.59. The van der Waals surface area contributed by atoms with Gasteiger partial charge in [-0.1, -0.05) is 30.3 Å². The highest BCUT2D eigenvalue weighted by Crippen LogP contribution is 2.40. The molecule has 0 aromatic heterocycles. The first kappa shape index (κ1) is 17.4. The first-order valence-corrected chi connectivity index (χ1v) is 10.5. The molecule has 1 atom stereocenters. The first-order chi connectivity index (χ1) is 11.4. The molecule has 0 aliphatic carbocycles. The highest BCUT2D eigenvalue weighted by atomic mass is 32.2. The van der Waals surface area contributed by atoms with Gasteiger partial charge in [-0.2, -0.15) is 0 Å². The average molecular weight is 350 g/mol. The molecule has 1 aromatic carbocycles. The maximum Gasteiger partial charge on any atom is 0.230 e. The lowest BCUT2D eigenvalue weighted by Crippen LogP contribution is -2.50. The summed E-state index contributed by atoms with van der Waals surface area (Å²) < 4.78 is 25.0. The molecule has 0 saturated carbocycles. The van der Waals surface area contributed by atoms with Gasteiger partial charge in [0.1, 0.15) is 0 Å². The molecule has 1 spiro atoms. The Labute approximate surface area is 144 Å². The van der Waals surface area contributed by atoms with Crippen LogP contribution in [0.5, 0.6) is 0 Å². The highest BCUT2D eigenvalue weighted by molar-refractivity contribution is 7.88. The van der Waals surface area contributed by atoms with Crippen molar-refractivity contribution in [2.45, 2.75) is 32.1 Å². The molecular weight excluding hydrogens is 324 g/mol. The highest BCUT2D eigenvalue weighted by Gasteiger charge is 2.49. The van der Waals surface area contributed by atoms with Gasteiger partial charge >= 0.3 is 0 Å². The molecule has 6 heteroatoms. The fraction of sp³-hybridized carbons (Fsp3) is 0.611.